The van der Waals surface area contributed by atoms with Gasteiger partial charge in [0.2, 0.25) is 0 Å². The Bertz CT molecular complexity index is 818. The van der Waals surface area contributed by atoms with Crippen LogP contribution in [0.3, 0.4) is 0 Å². The Balaban J connectivity index is 1.53. The summed E-state index contributed by atoms with van der Waals surface area (Å²) in [6, 6.07) is 15.9. The van der Waals surface area contributed by atoms with Crippen LogP contribution < -0.4 is 21.0 Å². The average molecular weight is 380 g/mol. The van der Waals surface area contributed by atoms with Crippen molar-refractivity contribution in [1.29, 1.82) is 0 Å². The number of carbonyl (C=O) groups excluding carboxylic acids is 1. The standard InChI is InChI=1S/C22H28N4O2/c1-15(2)12-16-8-10-17(11-9-16)19-13-20(25-24-19)22(27)26-23-14-18-6-4-5-7-21(18)28-3/h4-11,14-15,19-20,24-25H,12-13H2,1-3H3,(H,26,27)/b23-14+. The molecule has 1 fully saturated rings. The Labute approximate surface area is 166 Å². The second-order valence-corrected chi connectivity index (χ2v) is 7.45. The van der Waals surface area contributed by atoms with Gasteiger partial charge in [-0.3, -0.25) is 4.79 Å². The lowest BCUT2D eigenvalue weighted by molar-refractivity contribution is -0.122. The van der Waals surface area contributed by atoms with Crippen molar-refractivity contribution in [3.63, 3.8) is 0 Å². The molecular weight excluding hydrogens is 352 g/mol. The van der Waals surface area contributed by atoms with Crippen molar-refractivity contribution in [2.24, 2.45) is 11.0 Å². The number of hydrogen-bond donors (Lipinski definition) is 3. The highest BCUT2D eigenvalue weighted by Gasteiger charge is 2.30. The number of amides is 1. The Morgan fingerprint density at radius 2 is 1.96 bits per heavy atom. The molecule has 1 aliphatic rings. The van der Waals surface area contributed by atoms with Gasteiger partial charge in [-0.15, -0.1) is 0 Å². The Hall–Kier alpha value is -2.70. The van der Waals surface area contributed by atoms with Gasteiger partial charge < -0.3 is 4.74 Å². The maximum atomic E-state index is 12.4. The van der Waals surface area contributed by atoms with Gasteiger partial charge in [0.25, 0.3) is 5.91 Å². The first-order valence-electron chi connectivity index (χ1n) is 9.62. The van der Waals surface area contributed by atoms with Crippen LogP contribution in [0.5, 0.6) is 5.75 Å². The van der Waals surface area contributed by atoms with E-state index in [0.29, 0.717) is 18.1 Å². The predicted octanol–water partition coefficient (Wildman–Crippen LogP) is 2.95. The smallest absolute Gasteiger partial charge is 0.258 e. The summed E-state index contributed by atoms with van der Waals surface area (Å²) in [5, 5.41) is 4.06. The zero-order valence-corrected chi connectivity index (χ0v) is 16.6. The van der Waals surface area contributed by atoms with E-state index in [1.807, 2.05) is 24.3 Å². The molecule has 0 spiro atoms. The third kappa shape index (κ3) is 5.18. The number of nitrogens with one attached hydrogen (secondary N) is 3. The molecule has 0 aromatic heterocycles. The first kappa shape index (κ1) is 20.0. The number of ether oxygens (including phenoxy) is 1. The van der Waals surface area contributed by atoms with Crippen molar-refractivity contribution < 1.29 is 9.53 Å². The number of hydrazone groups is 1. The van der Waals surface area contributed by atoms with Crippen molar-refractivity contribution in [3.05, 3.63) is 65.2 Å². The highest BCUT2D eigenvalue weighted by Crippen LogP contribution is 2.23. The molecule has 1 heterocycles. The van der Waals surface area contributed by atoms with Crippen molar-refractivity contribution in [2.75, 3.05) is 7.11 Å². The van der Waals surface area contributed by atoms with E-state index in [-0.39, 0.29) is 18.0 Å². The number of hydrogen-bond acceptors (Lipinski definition) is 5. The Kier molecular flexibility index (Phi) is 6.79. The minimum absolute atomic E-state index is 0.0991. The van der Waals surface area contributed by atoms with Gasteiger partial charge in [-0.25, -0.2) is 16.3 Å². The quantitative estimate of drug-likeness (QED) is 0.510. The van der Waals surface area contributed by atoms with Crippen LogP contribution in [0.1, 0.15) is 43.0 Å². The lowest BCUT2D eigenvalue weighted by Crippen LogP contribution is -2.41. The zero-order valence-electron chi connectivity index (χ0n) is 16.6. The van der Waals surface area contributed by atoms with Gasteiger partial charge in [-0.1, -0.05) is 50.2 Å². The van der Waals surface area contributed by atoms with E-state index in [0.717, 1.165) is 12.0 Å². The van der Waals surface area contributed by atoms with Crippen molar-refractivity contribution in [1.82, 2.24) is 16.3 Å². The monoisotopic (exact) mass is 380 g/mol. The molecule has 1 amide bonds. The van der Waals surface area contributed by atoms with Crippen LogP contribution in [0.25, 0.3) is 0 Å². The van der Waals surface area contributed by atoms with Crippen molar-refractivity contribution in [2.45, 2.75) is 38.8 Å². The summed E-state index contributed by atoms with van der Waals surface area (Å²) in [5.74, 6) is 1.18. The van der Waals surface area contributed by atoms with Gasteiger partial charge in [-0.05, 0) is 42.0 Å². The maximum Gasteiger partial charge on any atom is 0.258 e. The van der Waals surface area contributed by atoms with Crippen molar-refractivity contribution in [3.8, 4) is 5.75 Å². The molecule has 1 saturated heterocycles. The lowest BCUT2D eigenvalue weighted by atomic mass is 9.97. The molecule has 148 valence electrons. The fourth-order valence-electron chi connectivity index (χ4n) is 3.32. The molecule has 1 aliphatic heterocycles. The number of para-hydroxylation sites is 1. The Morgan fingerprint density at radius 1 is 1.21 bits per heavy atom. The van der Waals surface area contributed by atoms with Crippen LogP contribution in [-0.2, 0) is 11.2 Å². The average Bonchev–Trinajstić information content (AvgIpc) is 3.19. The second kappa shape index (κ2) is 9.48. The van der Waals surface area contributed by atoms with E-state index in [1.54, 1.807) is 13.3 Å². The van der Waals surface area contributed by atoms with Crippen LogP contribution in [-0.4, -0.2) is 25.3 Å². The van der Waals surface area contributed by atoms with Crippen LogP contribution in [0.15, 0.2) is 53.6 Å². The third-order valence-electron chi connectivity index (χ3n) is 4.76. The zero-order chi connectivity index (χ0) is 19.9. The van der Waals surface area contributed by atoms with Crippen LogP contribution in [0.4, 0.5) is 0 Å². The van der Waals surface area contributed by atoms with Crippen LogP contribution in [0, 0.1) is 5.92 Å². The highest BCUT2D eigenvalue weighted by molar-refractivity contribution is 5.86. The number of benzene rings is 2. The van der Waals surface area contributed by atoms with Gasteiger partial charge in [0.1, 0.15) is 11.8 Å². The van der Waals surface area contributed by atoms with Gasteiger partial charge in [0.15, 0.2) is 0 Å². The molecule has 28 heavy (non-hydrogen) atoms. The summed E-state index contributed by atoms with van der Waals surface area (Å²) >= 11 is 0. The van der Waals surface area contributed by atoms with E-state index in [1.165, 1.54) is 11.1 Å². The van der Waals surface area contributed by atoms with Crippen molar-refractivity contribution >= 4 is 12.1 Å². The molecule has 3 rings (SSSR count). The molecule has 6 nitrogen and oxygen atoms in total. The summed E-state index contributed by atoms with van der Waals surface area (Å²) in [6.45, 7) is 4.44. The first-order valence-corrected chi connectivity index (χ1v) is 9.62. The summed E-state index contributed by atoms with van der Waals surface area (Å²) in [4.78, 5) is 12.4. The van der Waals surface area contributed by atoms with E-state index >= 15 is 0 Å². The molecule has 3 N–H and O–H groups in total. The highest BCUT2D eigenvalue weighted by atomic mass is 16.5. The molecule has 2 unspecified atom stereocenters. The molecule has 2 atom stereocenters. The van der Waals surface area contributed by atoms with Gasteiger partial charge >= 0.3 is 0 Å². The maximum absolute atomic E-state index is 12.4. The number of nitrogens with zero attached hydrogens (tertiary/aromatic N) is 1. The molecule has 0 radical (unpaired) electrons. The molecular formula is C22H28N4O2. The number of hydrazine groups is 1. The predicted molar refractivity (Wildman–Crippen MR) is 111 cm³/mol. The SMILES string of the molecule is COc1ccccc1/C=N/NC(=O)C1CC(c2ccc(CC(C)C)cc2)NN1. The molecule has 0 bridgehead atoms. The van der Waals surface area contributed by atoms with E-state index in [2.05, 4.69) is 59.5 Å². The number of carbonyl (C=O) groups is 1. The van der Waals surface area contributed by atoms with Gasteiger partial charge in [0.05, 0.1) is 13.3 Å². The van der Waals surface area contributed by atoms with Crippen LogP contribution >= 0.6 is 0 Å². The molecule has 2 aromatic carbocycles. The van der Waals surface area contributed by atoms with Gasteiger partial charge in [0, 0.05) is 11.6 Å². The summed E-state index contributed by atoms with van der Waals surface area (Å²) < 4.78 is 5.27. The van der Waals surface area contributed by atoms with E-state index in [9.17, 15) is 4.79 Å². The fourth-order valence-corrected chi connectivity index (χ4v) is 3.32. The first-order chi connectivity index (χ1) is 13.6. The molecule has 2 aromatic rings. The van der Waals surface area contributed by atoms with E-state index < -0.39 is 0 Å². The largest absolute Gasteiger partial charge is 0.496 e. The molecule has 0 aliphatic carbocycles. The summed E-state index contributed by atoms with van der Waals surface area (Å²) in [5.41, 5.74) is 12.2. The number of rotatable bonds is 7. The minimum atomic E-state index is -0.338. The second-order valence-electron chi connectivity index (χ2n) is 7.45. The van der Waals surface area contributed by atoms with Gasteiger partial charge in [-0.2, -0.15) is 5.10 Å². The third-order valence-corrected chi connectivity index (χ3v) is 4.76. The van der Waals surface area contributed by atoms with E-state index in [4.69, 9.17) is 4.74 Å². The molecule has 6 heteroatoms. The minimum Gasteiger partial charge on any atom is -0.496 e. The summed E-state index contributed by atoms with van der Waals surface area (Å²) in [6.07, 6.45) is 3.33. The molecule has 0 saturated carbocycles. The number of methoxy groups -OCH3 is 1. The van der Waals surface area contributed by atoms with Crippen LogP contribution in [0.2, 0.25) is 0 Å². The lowest BCUT2D eigenvalue weighted by Gasteiger charge is -2.11. The topological polar surface area (TPSA) is 74.8 Å². The Morgan fingerprint density at radius 3 is 2.68 bits per heavy atom. The summed E-state index contributed by atoms with van der Waals surface area (Å²) in [7, 11) is 1.61. The fraction of sp³-hybridized carbons (Fsp3) is 0.364. The normalized spacial score (nSPS) is 19.3.